The van der Waals surface area contributed by atoms with Crippen LogP contribution in [0.5, 0.6) is 17.2 Å². The highest BCUT2D eigenvalue weighted by Crippen LogP contribution is 2.44. The van der Waals surface area contributed by atoms with E-state index in [2.05, 4.69) is 16.8 Å². The number of benzene rings is 2. The maximum absolute atomic E-state index is 13.3. The van der Waals surface area contributed by atoms with E-state index in [4.69, 9.17) is 14.2 Å². The summed E-state index contributed by atoms with van der Waals surface area (Å²) in [6.07, 6.45) is 1.62. The molecule has 3 heterocycles. The number of aliphatic hydroxyl groups excluding tert-OH is 1. The third kappa shape index (κ3) is 4.12. The molecule has 2 aromatic carbocycles. The highest BCUT2D eigenvalue weighted by molar-refractivity contribution is 7.15. The molecule has 0 bridgehead atoms. The maximum atomic E-state index is 13.3. The van der Waals surface area contributed by atoms with Crippen LogP contribution in [0, 0.1) is 6.92 Å². The average Bonchev–Trinajstić information content (AvgIpc) is 3.42. The van der Waals surface area contributed by atoms with E-state index in [-0.39, 0.29) is 23.1 Å². The van der Waals surface area contributed by atoms with Gasteiger partial charge in [-0.25, -0.2) is 0 Å². The lowest BCUT2D eigenvalue weighted by molar-refractivity contribution is -0.132. The van der Waals surface area contributed by atoms with Gasteiger partial charge in [0.2, 0.25) is 5.13 Å². The highest BCUT2D eigenvalue weighted by atomic mass is 32.1. The monoisotopic (exact) mass is 491 g/mol. The van der Waals surface area contributed by atoms with Gasteiger partial charge < -0.3 is 19.3 Å². The first-order chi connectivity index (χ1) is 17.0. The zero-order valence-corrected chi connectivity index (χ0v) is 19.6. The molecule has 1 fully saturated rings. The van der Waals surface area contributed by atoms with Crippen molar-refractivity contribution in [3.63, 3.8) is 0 Å². The number of amides is 1. The number of aliphatic hydroxyl groups is 1. The number of hydrogen-bond donors (Lipinski definition) is 1. The van der Waals surface area contributed by atoms with E-state index < -0.39 is 17.7 Å². The Balaban J connectivity index is 1.67. The lowest BCUT2D eigenvalue weighted by atomic mass is 9.95. The summed E-state index contributed by atoms with van der Waals surface area (Å²) in [5.41, 5.74) is 0.822. The molecular weight excluding hydrogens is 470 g/mol. The predicted molar refractivity (Wildman–Crippen MR) is 129 cm³/mol. The standard InChI is InChI=1S/C25H21N3O6S/c1-3-9-32-17-6-4-5-15(12-17)21-20(23(30)24(31)28(21)25-27-26-14(2)35-25)22(29)16-7-8-18-19(13-16)34-11-10-33-18/h3-8,12-13,21,29H,1,9-11H2,2H3/b22-20+. The maximum Gasteiger partial charge on any atom is 0.301 e. The number of aryl methyl sites for hydroxylation is 1. The van der Waals surface area contributed by atoms with Crippen LogP contribution in [0.25, 0.3) is 5.76 Å². The zero-order chi connectivity index (χ0) is 24.5. The van der Waals surface area contributed by atoms with Gasteiger partial charge in [0.15, 0.2) is 11.5 Å². The number of hydrogen-bond acceptors (Lipinski definition) is 9. The fraction of sp³-hybridized carbons (Fsp3) is 0.200. The summed E-state index contributed by atoms with van der Waals surface area (Å²) in [5, 5.41) is 20.3. The van der Waals surface area contributed by atoms with Crippen molar-refractivity contribution in [2.45, 2.75) is 13.0 Å². The molecule has 0 saturated carbocycles. The van der Waals surface area contributed by atoms with Crippen molar-refractivity contribution >= 4 is 33.9 Å². The number of nitrogens with zero attached hydrogens (tertiary/aromatic N) is 3. The quantitative estimate of drug-likeness (QED) is 0.240. The molecule has 0 radical (unpaired) electrons. The Morgan fingerprint density at radius 1 is 1.20 bits per heavy atom. The number of carbonyl (C=O) groups excluding carboxylic acids is 2. The Labute approximate surface area is 204 Å². The Bertz CT molecular complexity index is 1360. The van der Waals surface area contributed by atoms with Crippen LogP contribution in [0.2, 0.25) is 0 Å². The lowest BCUT2D eigenvalue weighted by Crippen LogP contribution is -2.29. The number of rotatable bonds is 6. The molecule has 178 valence electrons. The third-order valence-corrected chi connectivity index (χ3v) is 6.36. The molecule has 0 spiro atoms. The van der Waals surface area contributed by atoms with Crippen LogP contribution >= 0.6 is 11.3 Å². The Hall–Kier alpha value is -4.18. The van der Waals surface area contributed by atoms with Crippen molar-refractivity contribution in [1.82, 2.24) is 10.2 Å². The van der Waals surface area contributed by atoms with Crippen LogP contribution < -0.4 is 19.1 Å². The molecule has 9 nitrogen and oxygen atoms in total. The molecular formula is C25H21N3O6S. The molecule has 1 atom stereocenters. The van der Waals surface area contributed by atoms with Crippen molar-refractivity contribution in [3.8, 4) is 17.2 Å². The fourth-order valence-electron chi connectivity index (χ4n) is 4.00. The zero-order valence-electron chi connectivity index (χ0n) is 18.8. The Morgan fingerprint density at radius 2 is 2.00 bits per heavy atom. The molecule has 3 aromatic rings. The number of carbonyl (C=O) groups is 2. The van der Waals surface area contributed by atoms with Gasteiger partial charge in [-0.1, -0.05) is 36.1 Å². The van der Waals surface area contributed by atoms with Gasteiger partial charge in [0.1, 0.15) is 36.3 Å². The molecule has 1 N–H and O–H groups in total. The summed E-state index contributed by atoms with van der Waals surface area (Å²) < 4.78 is 16.8. The van der Waals surface area contributed by atoms with Crippen LogP contribution in [0.4, 0.5) is 5.13 Å². The smallest absolute Gasteiger partial charge is 0.301 e. The molecule has 1 amide bonds. The van der Waals surface area contributed by atoms with Gasteiger partial charge in [-0.05, 0) is 42.8 Å². The lowest BCUT2D eigenvalue weighted by Gasteiger charge is -2.23. The number of fused-ring (bicyclic) bond motifs is 1. The summed E-state index contributed by atoms with van der Waals surface area (Å²) in [6.45, 7) is 6.49. The number of ether oxygens (including phenoxy) is 3. The predicted octanol–water partition coefficient (Wildman–Crippen LogP) is 3.81. The molecule has 1 unspecified atom stereocenters. The number of anilines is 1. The second kappa shape index (κ2) is 9.22. The van der Waals surface area contributed by atoms with E-state index in [0.29, 0.717) is 46.6 Å². The summed E-state index contributed by atoms with van der Waals surface area (Å²) in [7, 11) is 0. The minimum Gasteiger partial charge on any atom is -0.507 e. The van der Waals surface area contributed by atoms with Crippen molar-refractivity contribution in [2.75, 3.05) is 24.7 Å². The second-order valence-corrected chi connectivity index (χ2v) is 8.96. The average molecular weight is 492 g/mol. The van der Waals surface area contributed by atoms with Gasteiger partial charge in [0.25, 0.3) is 5.78 Å². The van der Waals surface area contributed by atoms with E-state index >= 15 is 0 Å². The normalized spacial score (nSPS) is 18.5. The van der Waals surface area contributed by atoms with Crippen LogP contribution in [-0.4, -0.2) is 46.8 Å². The summed E-state index contributed by atoms with van der Waals surface area (Å²) in [4.78, 5) is 27.8. The van der Waals surface area contributed by atoms with Gasteiger partial charge in [0.05, 0.1) is 11.6 Å². The van der Waals surface area contributed by atoms with Crippen LogP contribution in [-0.2, 0) is 9.59 Å². The van der Waals surface area contributed by atoms with Crippen molar-refractivity contribution in [3.05, 3.63) is 76.8 Å². The Kier molecular flexibility index (Phi) is 5.96. The fourth-order valence-corrected chi connectivity index (χ4v) is 4.72. The highest BCUT2D eigenvalue weighted by Gasteiger charge is 2.48. The SMILES string of the molecule is C=CCOc1cccc(C2/C(=C(\O)c3ccc4c(c3)OCCO4)C(=O)C(=O)N2c2nnc(C)s2)c1. The van der Waals surface area contributed by atoms with E-state index in [1.54, 1.807) is 55.5 Å². The van der Waals surface area contributed by atoms with Crippen molar-refractivity contribution in [2.24, 2.45) is 0 Å². The van der Waals surface area contributed by atoms with Gasteiger partial charge in [-0.2, -0.15) is 0 Å². The van der Waals surface area contributed by atoms with Crippen molar-refractivity contribution < 1.29 is 28.9 Å². The summed E-state index contributed by atoms with van der Waals surface area (Å²) in [5.74, 6) is -0.436. The van der Waals surface area contributed by atoms with Crippen molar-refractivity contribution in [1.29, 1.82) is 0 Å². The first-order valence-electron chi connectivity index (χ1n) is 10.8. The first kappa shape index (κ1) is 22.6. The van der Waals surface area contributed by atoms with Gasteiger partial charge in [0, 0.05) is 5.56 Å². The topological polar surface area (TPSA) is 111 Å². The molecule has 5 rings (SSSR count). The third-order valence-electron chi connectivity index (χ3n) is 5.52. The van der Waals surface area contributed by atoms with Gasteiger partial charge in [-0.15, -0.1) is 10.2 Å². The minimum atomic E-state index is -0.942. The summed E-state index contributed by atoms with van der Waals surface area (Å²) in [6, 6.07) is 10.9. The number of ketones is 1. The minimum absolute atomic E-state index is 0.0691. The first-order valence-corrected chi connectivity index (χ1v) is 11.6. The van der Waals surface area contributed by atoms with E-state index in [1.165, 1.54) is 16.2 Å². The van der Waals surface area contributed by atoms with Gasteiger partial charge >= 0.3 is 5.91 Å². The largest absolute Gasteiger partial charge is 0.507 e. The van der Waals surface area contributed by atoms with Crippen LogP contribution in [0.15, 0.2) is 60.7 Å². The van der Waals surface area contributed by atoms with E-state index in [0.717, 1.165) is 0 Å². The number of aromatic nitrogens is 2. The Morgan fingerprint density at radius 3 is 2.74 bits per heavy atom. The van der Waals surface area contributed by atoms with E-state index in [1.807, 2.05) is 0 Å². The number of Topliss-reactive ketones (excluding diaryl/α,β-unsaturated/α-hetero) is 1. The van der Waals surface area contributed by atoms with Crippen LogP contribution in [0.1, 0.15) is 22.2 Å². The molecule has 2 aliphatic rings. The van der Waals surface area contributed by atoms with Gasteiger partial charge in [-0.3, -0.25) is 14.5 Å². The van der Waals surface area contributed by atoms with E-state index in [9.17, 15) is 14.7 Å². The molecule has 1 saturated heterocycles. The molecule has 35 heavy (non-hydrogen) atoms. The molecule has 2 aliphatic heterocycles. The van der Waals surface area contributed by atoms with Crippen LogP contribution in [0.3, 0.4) is 0 Å². The molecule has 0 aliphatic carbocycles. The summed E-state index contributed by atoms with van der Waals surface area (Å²) >= 11 is 1.18. The molecule has 10 heteroatoms. The second-order valence-electron chi connectivity index (χ2n) is 7.80. The molecule has 1 aromatic heterocycles.